The van der Waals surface area contributed by atoms with E-state index >= 15 is 0 Å². The van der Waals surface area contributed by atoms with Crippen LogP contribution in [0.4, 0.5) is 0 Å². The summed E-state index contributed by atoms with van der Waals surface area (Å²) < 4.78 is 0. The third-order valence-electron chi connectivity index (χ3n) is 5.79. The minimum atomic E-state index is -1.21. The molecule has 0 aromatic heterocycles. The number of nitrogens with zero attached hydrogens (tertiary/aromatic N) is 1. The summed E-state index contributed by atoms with van der Waals surface area (Å²) in [5, 5.41) is 17.3. The SMILES string of the molecule is CCC(C)C(N)C(=O)NC(C)C(=O)NC(CCCN=C(N)N)C(=O)NC(Cc1ccccc1)C(=O)O. The number of amides is 3. The maximum atomic E-state index is 13.0. The van der Waals surface area contributed by atoms with Crippen LogP contribution in [0.3, 0.4) is 0 Å². The Morgan fingerprint density at radius 1 is 0.944 bits per heavy atom. The number of carboxylic acids is 1. The van der Waals surface area contributed by atoms with Gasteiger partial charge >= 0.3 is 5.97 Å². The summed E-state index contributed by atoms with van der Waals surface area (Å²) in [4.78, 5) is 53.8. The molecule has 1 aromatic rings. The third kappa shape index (κ3) is 10.7. The van der Waals surface area contributed by atoms with E-state index in [1.54, 1.807) is 30.3 Å². The zero-order chi connectivity index (χ0) is 27.3. The molecule has 0 saturated carbocycles. The Bertz CT molecular complexity index is 905. The summed E-state index contributed by atoms with van der Waals surface area (Å²) in [5.74, 6) is -3.16. The number of nitrogens with one attached hydrogen (secondary N) is 3. The van der Waals surface area contributed by atoms with Crippen LogP contribution >= 0.6 is 0 Å². The molecule has 0 heterocycles. The van der Waals surface area contributed by atoms with Gasteiger partial charge in [-0.1, -0.05) is 50.6 Å². The van der Waals surface area contributed by atoms with Crippen molar-refractivity contribution in [3.05, 3.63) is 35.9 Å². The van der Waals surface area contributed by atoms with Crippen LogP contribution in [-0.4, -0.2) is 65.5 Å². The lowest BCUT2D eigenvalue weighted by molar-refractivity contribution is -0.142. The van der Waals surface area contributed by atoms with E-state index < -0.39 is 47.9 Å². The number of hydrogen-bond donors (Lipinski definition) is 7. The first-order valence-electron chi connectivity index (χ1n) is 11.9. The van der Waals surface area contributed by atoms with E-state index in [0.29, 0.717) is 12.8 Å². The lowest BCUT2D eigenvalue weighted by Gasteiger charge is -2.24. The summed E-state index contributed by atoms with van der Waals surface area (Å²) in [6.07, 6.45) is 1.24. The van der Waals surface area contributed by atoms with Crippen molar-refractivity contribution < 1.29 is 24.3 Å². The molecular weight excluding hydrogens is 466 g/mol. The highest BCUT2D eigenvalue weighted by Gasteiger charge is 2.29. The summed E-state index contributed by atoms with van der Waals surface area (Å²) in [6.45, 7) is 5.42. The predicted octanol–water partition coefficient (Wildman–Crippen LogP) is -0.785. The second-order valence-electron chi connectivity index (χ2n) is 8.74. The molecular formula is C24H39N7O5. The number of aliphatic imine (C=N–C) groups is 1. The zero-order valence-corrected chi connectivity index (χ0v) is 21.1. The average Bonchev–Trinajstić information content (AvgIpc) is 2.84. The van der Waals surface area contributed by atoms with Crippen LogP contribution in [-0.2, 0) is 25.6 Å². The number of benzene rings is 1. The molecule has 0 aliphatic rings. The zero-order valence-electron chi connectivity index (χ0n) is 21.1. The average molecular weight is 506 g/mol. The van der Waals surface area contributed by atoms with Crippen LogP contribution < -0.4 is 33.2 Å². The first kappa shape index (κ1) is 30.4. The Hall–Kier alpha value is -3.67. The number of hydrogen-bond acceptors (Lipinski definition) is 6. The summed E-state index contributed by atoms with van der Waals surface area (Å²) in [6, 6.07) is 4.82. The molecule has 12 nitrogen and oxygen atoms in total. The van der Waals surface area contributed by atoms with Crippen LogP contribution in [0.1, 0.15) is 45.6 Å². The molecule has 0 aliphatic heterocycles. The highest BCUT2D eigenvalue weighted by atomic mass is 16.4. The largest absolute Gasteiger partial charge is 0.480 e. The van der Waals surface area contributed by atoms with Crippen LogP contribution in [0.25, 0.3) is 0 Å². The minimum Gasteiger partial charge on any atom is -0.480 e. The van der Waals surface area contributed by atoms with Gasteiger partial charge in [-0.15, -0.1) is 0 Å². The summed E-state index contributed by atoms with van der Waals surface area (Å²) >= 11 is 0. The van der Waals surface area contributed by atoms with E-state index in [9.17, 15) is 24.3 Å². The molecule has 1 rings (SSSR count). The first-order chi connectivity index (χ1) is 17.0. The Morgan fingerprint density at radius 2 is 1.56 bits per heavy atom. The number of carboxylic acid groups (broad SMARTS) is 1. The standard InChI is InChI=1S/C24H39N7O5/c1-4-14(2)19(25)22(34)29-15(3)20(32)30-17(11-8-12-28-24(26)27)21(33)31-18(23(35)36)13-16-9-6-5-7-10-16/h5-7,9-10,14-15,17-19H,4,8,11-13,25H2,1-3H3,(H,29,34)(H,30,32)(H,31,33)(H,35,36)(H4,26,27,28). The maximum absolute atomic E-state index is 13.0. The van der Waals surface area contributed by atoms with E-state index in [1.807, 2.05) is 13.8 Å². The normalized spacial score (nSPS) is 14.9. The minimum absolute atomic E-state index is 0.0660. The van der Waals surface area contributed by atoms with Gasteiger partial charge in [0.1, 0.15) is 18.1 Å². The fourth-order valence-electron chi connectivity index (χ4n) is 3.28. The number of nitrogens with two attached hydrogens (primary N) is 3. The summed E-state index contributed by atoms with van der Waals surface area (Å²) in [5.41, 5.74) is 17.3. The van der Waals surface area contributed by atoms with Crippen LogP contribution in [0.5, 0.6) is 0 Å². The predicted molar refractivity (Wildman–Crippen MR) is 137 cm³/mol. The number of carbonyl (C=O) groups is 4. The van der Waals surface area contributed by atoms with Crippen molar-refractivity contribution in [1.82, 2.24) is 16.0 Å². The van der Waals surface area contributed by atoms with E-state index in [-0.39, 0.29) is 31.3 Å². The van der Waals surface area contributed by atoms with Gasteiger partial charge in [-0.05, 0) is 31.2 Å². The molecule has 5 atom stereocenters. The Kier molecular flexibility index (Phi) is 12.9. The van der Waals surface area contributed by atoms with Gasteiger partial charge in [-0.25, -0.2) is 4.79 Å². The van der Waals surface area contributed by atoms with Crippen molar-refractivity contribution in [2.24, 2.45) is 28.1 Å². The Balaban J connectivity index is 2.91. The van der Waals surface area contributed by atoms with Crippen molar-refractivity contribution in [1.29, 1.82) is 0 Å². The molecule has 0 saturated heterocycles. The Labute approximate surface area is 211 Å². The van der Waals surface area contributed by atoms with Crippen molar-refractivity contribution in [2.45, 2.75) is 70.6 Å². The molecule has 36 heavy (non-hydrogen) atoms. The Morgan fingerprint density at radius 3 is 2.11 bits per heavy atom. The van der Waals surface area contributed by atoms with Crippen LogP contribution in [0.2, 0.25) is 0 Å². The van der Waals surface area contributed by atoms with Gasteiger partial charge in [-0.3, -0.25) is 19.4 Å². The molecule has 1 aromatic carbocycles. The van der Waals surface area contributed by atoms with Crippen molar-refractivity contribution in [2.75, 3.05) is 6.54 Å². The third-order valence-corrected chi connectivity index (χ3v) is 5.79. The molecule has 0 radical (unpaired) electrons. The number of rotatable bonds is 15. The van der Waals surface area contributed by atoms with E-state index in [4.69, 9.17) is 17.2 Å². The van der Waals surface area contributed by atoms with E-state index in [1.165, 1.54) is 6.92 Å². The van der Waals surface area contributed by atoms with Gasteiger partial charge in [0.05, 0.1) is 6.04 Å². The van der Waals surface area contributed by atoms with E-state index in [2.05, 4.69) is 20.9 Å². The lowest BCUT2D eigenvalue weighted by Crippen LogP contribution is -2.57. The molecule has 200 valence electrons. The number of carbonyl (C=O) groups excluding carboxylic acids is 3. The van der Waals surface area contributed by atoms with Gasteiger partial charge in [-0.2, -0.15) is 0 Å². The molecule has 0 bridgehead atoms. The highest BCUT2D eigenvalue weighted by molar-refractivity contribution is 5.94. The smallest absolute Gasteiger partial charge is 0.326 e. The molecule has 12 heteroatoms. The molecule has 0 fully saturated rings. The van der Waals surface area contributed by atoms with Crippen LogP contribution in [0, 0.1) is 5.92 Å². The number of guanidine groups is 1. The molecule has 10 N–H and O–H groups in total. The highest BCUT2D eigenvalue weighted by Crippen LogP contribution is 2.07. The molecule has 5 unspecified atom stereocenters. The quantitative estimate of drug-likeness (QED) is 0.0908. The van der Waals surface area contributed by atoms with Crippen molar-refractivity contribution in [3.8, 4) is 0 Å². The van der Waals surface area contributed by atoms with Gasteiger partial charge in [0.2, 0.25) is 17.7 Å². The second kappa shape index (κ2) is 15.4. The maximum Gasteiger partial charge on any atom is 0.326 e. The fourth-order valence-corrected chi connectivity index (χ4v) is 3.28. The van der Waals surface area contributed by atoms with Crippen molar-refractivity contribution >= 4 is 29.7 Å². The lowest BCUT2D eigenvalue weighted by atomic mass is 9.99. The van der Waals surface area contributed by atoms with Crippen molar-refractivity contribution in [3.63, 3.8) is 0 Å². The molecule has 3 amide bonds. The van der Waals surface area contributed by atoms with Gasteiger partial charge in [0.25, 0.3) is 0 Å². The second-order valence-corrected chi connectivity index (χ2v) is 8.74. The fraction of sp³-hybridized carbons (Fsp3) is 0.542. The molecule has 0 aliphatic carbocycles. The van der Waals surface area contributed by atoms with E-state index in [0.717, 1.165) is 5.56 Å². The van der Waals surface area contributed by atoms with Gasteiger partial charge in [0.15, 0.2) is 5.96 Å². The monoisotopic (exact) mass is 505 g/mol. The topological polar surface area (TPSA) is 215 Å². The molecule has 0 spiro atoms. The van der Waals surface area contributed by atoms with Crippen LogP contribution in [0.15, 0.2) is 35.3 Å². The summed E-state index contributed by atoms with van der Waals surface area (Å²) in [7, 11) is 0. The van der Waals surface area contributed by atoms with Gasteiger partial charge < -0.3 is 38.3 Å². The number of aliphatic carboxylic acids is 1. The van der Waals surface area contributed by atoms with Gasteiger partial charge in [0, 0.05) is 13.0 Å². The first-order valence-corrected chi connectivity index (χ1v) is 11.9.